The first-order valence-corrected chi connectivity index (χ1v) is 4.61. The summed E-state index contributed by atoms with van der Waals surface area (Å²) in [7, 11) is 1.63. The summed E-state index contributed by atoms with van der Waals surface area (Å²) < 4.78 is 5.15. The Hall–Kier alpha value is -1.46. The SMILES string of the molecule is COc1ccccc1C#CCCCO. The molecule has 0 atom stereocenters. The van der Waals surface area contributed by atoms with E-state index in [9.17, 15) is 0 Å². The van der Waals surface area contributed by atoms with Gasteiger partial charge < -0.3 is 9.84 Å². The van der Waals surface area contributed by atoms with Gasteiger partial charge in [-0.2, -0.15) is 0 Å². The number of unbranched alkanes of at least 4 members (excludes halogenated alkanes) is 1. The van der Waals surface area contributed by atoms with Crippen LogP contribution in [-0.4, -0.2) is 18.8 Å². The topological polar surface area (TPSA) is 29.5 Å². The minimum Gasteiger partial charge on any atom is -0.495 e. The molecule has 0 saturated carbocycles. The van der Waals surface area contributed by atoms with Crippen molar-refractivity contribution in [3.63, 3.8) is 0 Å². The molecule has 74 valence electrons. The molecule has 2 nitrogen and oxygen atoms in total. The van der Waals surface area contributed by atoms with Crippen molar-refractivity contribution in [1.29, 1.82) is 0 Å². The van der Waals surface area contributed by atoms with Crippen molar-refractivity contribution >= 4 is 0 Å². The largest absolute Gasteiger partial charge is 0.495 e. The van der Waals surface area contributed by atoms with E-state index in [1.165, 1.54) is 0 Å². The predicted octanol–water partition coefficient (Wildman–Crippen LogP) is 1.82. The third-order valence-corrected chi connectivity index (χ3v) is 1.79. The lowest BCUT2D eigenvalue weighted by Gasteiger charge is -2.00. The third kappa shape index (κ3) is 3.12. The first kappa shape index (κ1) is 10.6. The maximum Gasteiger partial charge on any atom is 0.134 e. The highest BCUT2D eigenvalue weighted by Crippen LogP contribution is 2.15. The zero-order valence-electron chi connectivity index (χ0n) is 8.29. The highest BCUT2D eigenvalue weighted by molar-refractivity contribution is 5.45. The minimum atomic E-state index is 0.195. The summed E-state index contributed by atoms with van der Waals surface area (Å²) in [5, 5.41) is 8.57. The lowest BCUT2D eigenvalue weighted by atomic mass is 10.2. The molecular weight excluding hydrogens is 176 g/mol. The van der Waals surface area contributed by atoms with Crippen LogP contribution in [0.5, 0.6) is 5.75 Å². The molecule has 1 aromatic carbocycles. The van der Waals surface area contributed by atoms with Crippen molar-refractivity contribution in [3.05, 3.63) is 29.8 Å². The van der Waals surface area contributed by atoms with Crippen molar-refractivity contribution in [3.8, 4) is 17.6 Å². The summed E-state index contributed by atoms with van der Waals surface area (Å²) in [6, 6.07) is 7.65. The number of rotatable bonds is 3. The number of aliphatic hydroxyl groups excluding tert-OH is 1. The Kier molecular flexibility index (Phi) is 4.60. The molecule has 0 amide bonds. The Labute approximate surface area is 84.5 Å². The zero-order chi connectivity index (χ0) is 10.2. The van der Waals surface area contributed by atoms with Crippen LogP contribution in [-0.2, 0) is 0 Å². The normalized spacial score (nSPS) is 9.00. The fraction of sp³-hybridized carbons (Fsp3) is 0.333. The van der Waals surface area contributed by atoms with Crippen molar-refractivity contribution < 1.29 is 9.84 Å². The third-order valence-electron chi connectivity index (χ3n) is 1.79. The number of ether oxygens (including phenoxy) is 1. The van der Waals surface area contributed by atoms with E-state index in [4.69, 9.17) is 9.84 Å². The van der Waals surface area contributed by atoms with Gasteiger partial charge in [0, 0.05) is 13.0 Å². The molecule has 0 unspecified atom stereocenters. The van der Waals surface area contributed by atoms with Crippen LogP contribution in [0.2, 0.25) is 0 Å². The molecule has 0 aliphatic heterocycles. The fourth-order valence-electron chi connectivity index (χ4n) is 1.07. The number of hydrogen-bond donors (Lipinski definition) is 1. The quantitative estimate of drug-likeness (QED) is 0.582. The van der Waals surface area contributed by atoms with Gasteiger partial charge in [0.15, 0.2) is 0 Å². The van der Waals surface area contributed by atoms with Crippen molar-refractivity contribution in [2.75, 3.05) is 13.7 Å². The van der Waals surface area contributed by atoms with Crippen LogP contribution in [0.4, 0.5) is 0 Å². The van der Waals surface area contributed by atoms with Gasteiger partial charge in [-0.3, -0.25) is 0 Å². The molecule has 0 aromatic heterocycles. The maximum absolute atomic E-state index is 8.57. The Balaban J connectivity index is 2.68. The zero-order valence-corrected chi connectivity index (χ0v) is 8.29. The Bertz CT molecular complexity index is 334. The molecule has 1 aromatic rings. The first-order chi connectivity index (χ1) is 6.88. The monoisotopic (exact) mass is 190 g/mol. The van der Waals surface area contributed by atoms with E-state index in [1.807, 2.05) is 24.3 Å². The van der Waals surface area contributed by atoms with Gasteiger partial charge in [-0.15, -0.1) is 0 Å². The summed E-state index contributed by atoms with van der Waals surface area (Å²) in [6.45, 7) is 0.195. The lowest BCUT2D eigenvalue weighted by Crippen LogP contribution is -1.86. The minimum absolute atomic E-state index is 0.195. The van der Waals surface area contributed by atoms with E-state index < -0.39 is 0 Å². The molecule has 0 aliphatic rings. The number of methoxy groups -OCH3 is 1. The summed E-state index contributed by atoms with van der Waals surface area (Å²) in [4.78, 5) is 0. The molecule has 0 saturated heterocycles. The van der Waals surface area contributed by atoms with Gasteiger partial charge in [0.05, 0.1) is 12.7 Å². The molecule has 14 heavy (non-hydrogen) atoms. The average molecular weight is 190 g/mol. The second-order valence-electron chi connectivity index (χ2n) is 2.83. The van der Waals surface area contributed by atoms with Crippen LogP contribution in [0.3, 0.4) is 0 Å². The summed E-state index contributed by atoms with van der Waals surface area (Å²) in [5.41, 5.74) is 0.896. The van der Waals surface area contributed by atoms with Crippen molar-refractivity contribution in [2.45, 2.75) is 12.8 Å². The van der Waals surface area contributed by atoms with Gasteiger partial charge in [0.25, 0.3) is 0 Å². The molecular formula is C12H14O2. The fourth-order valence-corrected chi connectivity index (χ4v) is 1.07. The van der Waals surface area contributed by atoms with Gasteiger partial charge in [0.1, 0.15) is 5.75 Å². The molecule has 1 N–H and O–H groups in total. The van der Waals surface area contributed by atoms with Crippen LogP contribution >= 0.6 is 0 Å². The Morgan fingerprint density at radius 3 is 2.86 bits per heavy atom. The van der Waals surface area contributed by atoms with Crippen molar-refractivity contribution in [1.82, 2.24) is 0 Å². The van der Waals surface area contributed by atoms with Crippen molar-refractivity contribution in [2.24, 2.45) is 0 Å². The van der Waals surface area contributed by atoms with Gasteiger partial charge in [-0.1, -0.05) is 24.0 Å². The summed E-state index contributed by atoms with van der Waals surface area (Å²) >= 11 is 0. The molecule has 1 rings (SSSR count). The molecule has 0 spiro atoms. The van der Waals surface area contributed by atoms with Crippen LogP contribution in [0.15, 0.2) is 24.3 Å². The second kappa shape index (κ2) is 6.06. The first-order valence-electron chi connectivity index (χ1n) is 4.61. The highest BCUT2D eigenvalue weighted by Gasteiger charge is 1.95. The second-order valence-corrected chi connectivity index (χ2v) is 2.83. The molecule has 0 bridgehead atoms. The summed E-state index contributed by atoms with van der Waals surface area (Å²) in [6.07, 6.45) is 1.44. The average Bonchev–Trinajstić information content (AvgIpc) is 2.25. The standard InChI is InChI=1S/C12H14O2/c1-14-12-9-5-4-8-11(12)7-3-2-6-10-13/h4-5,8-9,13H,2,6,10H2,1H3. The van der Waals surface area contributed by atoms with Gasteiger partial charge in [-0.05, 0) is 18.6 Å². The van der Waals surface area contributed by atoms with Crippen LogP contribution in [0.1, 0.15) is 18.4 Å². The van der Waals surface area contributed by atoms with E-state index in [-0.39, 0.29) is 6.61 Å². The maximum atomic E-state index is 8.57. The molecule has 0 fully saturated rings. The smallest absolute Gasteiger partial charge is 0.134 e. The number of aliphatic hydroxyl groups is 1. The number of benzene rings is 1. The van der Waals surface area contributed by atoms with Gasteiger partial charge in [0.2, 0.25) is 0 Å². The van der Waals surface area contributed by atoms with Crippen LogP contribution < -0.4 is 4.74 Å². The van der Waals surface area contributed by atoms with E-state index in [1.54, 1.807) is 7.11 Å². The number of para-hydroxylation sites is 1. The van der Waals surface area contributed by atoms with Gasteiger partial charge in [-0.25, -0.2) is 0 Å². The Morgan fingerprint density at radius 2 is 2.14 bits per heavy atom. The number of hydrogen-bond acceptors (Lipinski definition) is 2. The lowest BCUT2D eigenvalue weighted by molar-refractivity contribution is 0.290. The van der Waals surface area contributed by atoms with E-state index >= 15 is 0 Å². The van der Waals surface area contributed by atoms with E-state index in [0.29, 0.717) is 6.42 Å². The van der Waals surface area contributed by atoms with Crippen LogP contribution in [0.25, 0.3) is 0 Å². The van der Waals surface area contributed by atoms with E-state index in [0.717, 1.165) is 17.7 Å². The highest BCUT2D eigenvalue weighted by atomic mass is 16.5. The van der Waals surface area contributed by atoms with Crippen LogP contribution in [0, 0.1) is 11.8 Å². The van der Waals surface area contributed by atoms with E-state index in [2.05, 4.69) is 11.8 Å². The molecule has 0 heterocycles. The molecule has 0 aliphatic carbocycles. The molecule has 2 heteroatoms. The predicted molar refractivity (Wildman–Crippen MR) is 56.2 cm³/mol. The van der Waals surface area contributed by atoms with Gasteiger partial charge >= 0.3 is 0 Å². The molecule has 0 radical (unpaired) electrons. The summed E-state index contributed by atoms with van der Waals surface area (Å²) in [5.74, 6) is 6.80. The Morgan fingerprint density at radius 1 is 1.36 bits per heavy atom.